The molecule has 0 spiro atoms. The van der Waals surface area contributed by atoms with E-state index in [9.17, 15) is 13.7 Å². The van der Waals surface area contributed by atoms with Crippen molar-refractivity contribution in [2.75, 3.05) is 0 Å². The topological polar surface area (TPSA) is 171 Å². The van der Waals surface area contributed by atoms with Gasteiger partial charge in [0.25, 0.3) is 0 Å². The summed E-state index contributed by atoms with van der Waals surface area (Å²) in [6.07, 6.45) is 0. The van der Waals surface area contributed by atoms with E-state index in [1.807, 2.05) is 0 Å². The molecule has 16 heteroatoms. The van der Waals surface area contributed by atoms with E-state index < -0.39 is 23.5 Å². The van der Waals surface area contributed by atoms with Gasteiger partial charge in [0, 0.05) is 0 Å². The molecule has 16 heavy (non-hydrogen) atoms. The molecule has 0 aromatic rings. The Hall–Kier alpha value is 3.41. The average molecular weight is 331 g/mol. The zero-order chi connectivity index (χ0) is 10.9. The van der Waals surface area contributed by atoms with Gasteiger partial charge in [-0.3, -0.25) is 0 Å². The molecule has 0 fully saturated rings. The van der Waals surface area contributed by atoms with Crippen LogP contribution in [0.25, 0.3) is 0 Å². The predicted molar refractivity (Wildman–Crippen MR) is 58.6 cm³/mol. The van der Waals surface area contributed by atoms with Gasteiger partial charge in [0.2, 0.25) is 0 Å². The van der Waals surface area contributed by atoms with Crippen molar-refractivity contribution in [3.8, 4) is 0 Å². The molecule has 0 saturated carbocycles. The number of hydrogen-bond acceptors (Lipinski definition) is 5. The molecule has 0 aliphatic heterocycles. The first-order valence-corrected chi connectivity index (χ1v) is 6.83. The number of phosphoric acid groups is 3. The molecule has 86 valence electrons. The molecule has 0 saturated heterocycles. The van der Waals surface area contributed by atoms with E-state index in [2.05, 4.69) is 8.62 Å². The molecule has 10 nitrogen and oxygen atoms in total. The van der Waals surface area contributed by atoms with Crippen molar-refractivity contribution < 1.29 is 48.2 Å². The van der Waals surface area contributed by atoms with Crippen molar-refractivity contribution in [3.05, 3.63) is 0 Å². The molecule has 5 N–H and O–H groups in total. The fourth-order valence-corrected chi connectivity index (χ4v) is 2.82. The summed E-state index contributed by atoms with van der Waals surface area (Å²) >= 11 is 0. The van der Waals surface area contributed by atoms with Gasteiger partial charge in [-0.25, -0.2) is 13.7 Å². The van der Waals surface area contributed by atoms with E-state index in [-0.39, 0.29) is 90.1 Å². The molecule has 0 rings (SSSR count). The molecular weight excluding hydrogens is 322 g/mol. The van der Waals surface area contributed by atoms with Gasteiger partial charge in [-0.05, 0) is 0 Å². The van der Waals surface area contributed by atoms with E-state index in [1.54, 1.807) is 0 Å². The fraction of sp³-hybridized carbons (Fsp3) is 0. The van der Waals surface area contributed by atoms with Gasteiger partial charge in [-0.1, -0.05) is 0 Å². The quantitative estimate of drug-likeness (QED) is 0.273. The van der Waals surface area contributed by atoms with Gasteiger partial charge in [-0.15, -0.1) is 0 Å². The summed E-state index contributed by atoms with van der Waals surface area (Å²) in [5.41, 5.74) is 0. The minimum atomic E-state index is -5.46. The van der Waals surface area contributed by atoms with Crippen LogP contribution < -0.4 is 0 Å². The van der Waals surface area contributed by atoms with Crippen LogP contribution in [-0.2, 0) is 22.3 Å². The third kappa shape index (κ3) is 19.7. The predicted octanol–water partition coefficient (Wildman–Crippen LogP) is -2.53. The van der Waals surface area contributed by atoms with Crippen LogP contribution in [0.1, 0.15) is 1.43 Å². The van der Waals surface area contributed by atoms with Gasteiger partial charge in [0.15, 0.2) is 0 Å². The van der Waals surface area contributed by atoms with Crippen molar-refractivity contribution >= 4 is 112 Å². The summed E-state index contributed by atoms with van der Waals surface area (Å²) in [6.45, 7) is 0. The Morgan fingerprint density at radius 1 is 0.688 bits per heavy atom. The third-order valence-corrected chi connectivity index (χ3v) is 3.77. The second-order valence-corrected chi connectivity index (χ2v) is 5.82. The Bertz CT molecular complexity index is 289. The summed E-state index contributed by atoms with van der Waals surface area (Å²) in [5.74, 6) is 0. The van der Waals surface area contributed by atoms with Gasteiger partial charge < -0.3 is 24.5 Å². The van der Waals surface area contributed by atoms with Crippen LogP contribution in [0.5, 0.6) is 0 Å². The van der Waals surface area contributed by atoms with Crippen LogP contribution >= 0.6 is 23.5 Å². The first-order valence-electron chi connectivity index (χ1n) is 2.28. The van der Waals surface area contributed by atoms with Crippen molar-refractivity contribution in [2.45, 2.75) is 0 Å². The molecule has 0 aromatic heterocycles. The first kappa shape index (κ1) is 27.7. The summed E-state index contributed by atoms with van der Waals surface area (Å²) < 4.78 is 36.4. The van der Waals surface area contributed by atoms with Gasteiger partial charge >= 0.3 is 114 Å². The zero-order valence-electron chi connectivity index (χ0n) is 6.62. The summed E-state index contributed by atoms with van der Waals surface area (Å²) in [5, 5.41) is 0. The monoisotopic (exact) mass is 331 g/mol. The average Bonchev–Trinajstić information content (AvgIpc) is 1.43. The molecule has 0 aromatic carbocycles. The molecule has 0 radical (unpaired) electrons. The Kier molecular flexibility index (Phi) is 17.6. The maximum absolute atomic E-state index is 10.4. The Labute approximate surface area is 158 Å². The van der Waals surface area contributed by atoms with Crippen LogP contribution in [0.4, 0.5) is 0 Å². The second kappa shape index (κ2) is 10.2. The summed E-state index contributed by atoms with van der Waals surface area (Å²) in [7, 11) is -16.2. The number of hydrogen-bond donors (Lipinski definition) is 5. The van der Waals surface area contributed by atoms with Gasteiger partial charge in [0.05, 0.1) is 0 Å². The Morgan fingerprint density at radius 3 is 1.00 bits per heavy atom. The second-order valence-electron chi connectivity index (χ2n) is 1.61. The summed E-state index contributed by atoms with van der Waals surface area (Å²) in [4.78, 5) is 40.2. The molecule has 0 bridgehead atoms. The van der Waals surface area contributed by atoms with Gasteiger partial charge in [-0.2, -0.15) is 8.62 Å². The number of rotatable bonds is 4. The van der Waals surface area contributed by atoms with Crippen LogP contribution in [0.2, 0.25) is 0 Å². The SMILES string of the molecule is O=P(O)(O)OP(=O)(O)OP(=O)(O)O.[H+].[NaH].[NaH].[NaH]. The van der Waals surface area contributed by atoms with E-state index in [1.165, 1.54) is 0 Å². The summed E-state index contributed by atoms with van der Waals surface area (Å²) in [6, 6.07) is 0. The van der Waals surface area contributed by atoms with Crippen LogP contribution in [0, 0.1) is 0 Å². The normalized spacial score (nSPS) is 11.8. The standard InChI is InChI=1S/3Na.H5O10P3.3H/c;;;1-11(2,3)9-13(7,8)10-12(4,5)6;;;/h;;;(H,7,8)(H2,1,2,3)(H2,4,5,6);;;/p+1. The molecular formula is H9Na3O10P3+. The molecule has 0 amide bonds. The zero-order valence-corrected chi connectivity index (χ0v) is 8.30. The van der Waals surface area contributed by atoms with Crippen LogP contribution in [-0.4, -0.2) is 113 Å². The van der Waals surface area contributed by atoms with E-state index in [4.69, 9.17) is 24.5 Å². The van der Waals surface area contributed by atoms with E-state index >= 15 is 0 Å². The molecule has 0 aliphatic carbocycles. The molecule has 0 unspecified atom stereocenters. The van der Waals surface area contributed by atoms with Crippen molar-refractivity contribution in [1.82, 2.24) is 0 Å². The molecule has 0 atom stereocenters. The van der Waals surface area contributed by atoms with Crippen molar-refractivity contribution in [2.24, 2.45) is 0 Å². The maximum atomic E-state index is 10.4. The Balaban J connectivity index is -0.000000120. The van der Waals surface area contributed by atoms with Crippen LogP contribution in [0.15, 0.2) is 0 Å². The molecule has 0 aliphatic rings. The third-order valence-electron chi connectivity index (χ3n) is 0.419. The van der Waals surface area contributed by atoms with Crippen molar-refractivity contribution in [3.63, 3.8) is 0 Å². The van der Waals surface area contributed by atoms with Crippen molar-refractivity contribution in [1.29, 1.82) is 0 Å². The molecule has 0 heterocycles. The Morgan fingerprint density at radius 2 is 0.875 bits per heavy atom. The fourth-order valence-electron chi connectivity index (χ4n) is 0.284. The van der Waals surface area contributed by atoms with E-state index in [0.717, 1.165) is 0 Å². The first-order chi connectivity index (χ1) is 5.41. The van der Waals surface area contributed by atoms with E-state index in [0.29, 0.717) is 0 Å². The van der Waals surface area contributed by atoms with Crippen LogP contribution in [0.3, 0.4) is 0 Å². The van der Waals surface area contributed by atoms with Gasteiger partial charge in [0.1, 0.15) is 0 Å². The minimum absolute atomic E-state index is 0.